The monoisotopic (exact) mass is 286 g/mol. The molecule has 110 valence electrons. The van der Waals surface area contributed by atoms with Gasteiger partial charge in [0.25, 0.3) is 0 Å². The van der Waals surface area contributed by atoms with E-state index < -0.39 is 0 Å². The van der Waals surface area contributed by atoms with Crippen molar-refractivity contribution in [2.45, 2.75) is 26.2 Å². The maximum Gasteiger partial charge on any atom is 0.153 e. The van der Waals surface area contributed by atoms with E-state index in [0.29, 0.717) is 17.1 Å². The summed E-state index contributed by atoms with van der Waals surface area (Å²) in [5.74, 6) is 1.31. The summed E-state index contributed by atoms with van der Waals surface area (Å²) < 4.78 is 13.5. The van der Waals surface area contributed by atoms with Crippen LogP contribution in [0, 0.1) is 12.7 Å². The zero-order valence-electron chi connectivity index (χ0n) is 12.1. The van der Waals surface area contributed by atoms with Crippen LogP contribution >= 0.6 is 0 Å². The maximum absolute atomic E-state index is 13.5. The second kappa shape index (κ2) is 6.08. The zero-order chi connectivity index (χ0) is 14.7. The number of piperidine rings is 1. The summed E-state index contributed by atoms with van der Waals surface area (Å²) in [5, 5.41) is 11.5. The second-order valence-corrected chi connectivity index (χ2v) is 5.41. The lowest BCUT2D eigenvalue weighted by molar-refractivity contribution is 0.571. The molecule has 1 aliphatic rings. The predicted octanol–water partition coefficient (Wildman–Crippen LogP) is 3.66. The Morgan fingerprint density at radius 2 is 1.86 bits per heavy atom. The molecule has 0 atom stereocenters. The molecule has 1 aromatic carbocycles. The van der Waals surface area contributed by atoms with Gasteiger partial charge in [-0.05, 0) is 56.0 Å². The normalized spacial score (nSPS) is 15.0. The van der Waals surface area contributed by atoms with E-state index in [1.165, 1.54) is 25.3 Å². The number of anilines is 3. The van der Waals surface area contributed by atoms with Gasteiger partial charge in [0.15, 0.2) is 11.6 Å². The molecule has 3 rings (SSSR count). The van der Waals surface area contributed by atoms with E-state index in [0.717, 1.165) is 18.9 Å². The fourth-order valence-electron chi connectivity index (χ4n) is 2.50. The summed E-state index contributed by atoms with van der Waals surface area (Å²) in [4.78, 5) is 2.26. The fraction of sp³-hybridized carbons (Fsp3) is 0.375. The van der Waals surface area contributed by atoms with Gasteiger partial charge in [-0.1, -0.05) is 6.07 Å². The predicted molar refractivity (Wildman–Crippen MR) is 82.5 cm³/mol. The summed E-state index contributed by atoms with van der Waals surface area (Å²) in [6, 6.07) is 8.89. The lowest BCUT2D eigenvalue weighted by atomic mass is 10.1. The highest BCUT2D eigenvalue weighted by Crippen LogP contribution is 2.20. The number of hydrogen-bond acceptors (Lipinski definition) is 4. The summed E-state index contributed by atoms with van der Waals surface area (Å²) in [6.07, 6.45) is 3.72. The van der Waals surface area contributed by atoms with E-state index in [-0.39, 0.29) is 5.82 Å². The molecule has 21 heavy (non-hydrogen) atoms. The molecule has 4 nitrogen and oxygen atoms in total. The first-order valence-corrected chi connectivity index (χ1v) is 7.34. The molecule has 2 heterocycles. The van der Waals surface area contributed by atoms with Gasteiger partial charge < -0.3 is 10.2 Å². The van der Waals surface area contributed by atoms with Crippen molar-refractivity contribution in [2.24, 2.45) is 0 Å². The van der Waals surface area contributed by atoms with Gasteiger partial charge in [-0.15, -0.1) is 10.2 Å². The number of hydrogen-bond donors (Lipinski definition) is 1. The van der Waals surface area contributed by atoms with Crippen LogP contribution in [-0.4, -0.2) is 23.3 Å². The van der Waals surface area contributed by atoms with Gasteiger partial charge in [-0.3, -0.25) is 0 Å². The number of halogens is 1. The van der Waals surface area contributed by atoms with Crippen LogP contribution in [0.4, 0.5) is 21.7 Å². The topological polar surface area (TPSA) is 41.0 Å². The summed E-state index contributed by atoms with van der Waals surface area (Å²) in [7, 11) is 0. The fourth-order valence-corrected chi connectivity index (χ4v) is 2.50. The minimum atomic E-state index is -0.224. The second-order valence-electron chi connectivity index (χ2n) is 5.41. The van der Waals surface area contributed by atoms with Crippen molar-refractivity contribution in [1.29, 1.82) is 0 Å². The van der Waals surface area contributed by atoms with E-state index in [2.05, 4.69) is 20.4 Å². The van der Waals surface area contributed by atoms with Crippen LogP contribution in [-0.2, 0) is 0 Å². The van der Waals surface area contributed by atoms with Gasteiger partial charge in [0.1, 0.15) is 5.82 Å². The molecule has 2 aromatic rings. The minimum Gasteiger partial charge on any atom is -0.355 e. The lowest BCUT2D eigenvalue weighted by Gasteiger charge is -2.27. The Bertz CT molecular complexity index is 606. The SMILES string of the molecule is Cc1ccc(Nc2ccc(N3CCCCC3)nn2)cc1F. The van der Waals surface area contributed by atoms with Crippen molar-refractivity contribution >= 4 is 17.3 Å². The standard InChI is InChI=1S/C16H19FN4/c1-12-5-6-13(11-14(12)17)18-15-7-8-16(20-19-15)21-9-3-2-4-10-21/h5-8,11H,2-4,9-10H2,1H3,(H,18,19). The molecule has 1 aliphatic heterocycles. The molecule has 1 N–H and O–H groups in total. The number of nitrogens with zero attached hydrogens (tertiary/aromatic N) is 3. The number of rotatable bonds is 3. The van der Waals surface area contributed by atoms with E-state index in [1.807, 2.05) is 18.2 Å². The average molecular weight is 286 g/mol. The van der Waals surface area contributed by atoms with Crippen LogP contribution in [0.25, 0.3) is 0 Å². The molecule has 0 amide bonds. The van der Waals surface area contributed by atoms with Crippen molar-refractivity contribution in [1.82, 2.24) is 10.2 Å². The smallest absolute Gasteiger partial charge is 0.153 e. The average Bonchev–Trinajstić information content (AvgIpc) is 2.53. The summed E-state index contributed by atoms with van der Waals surface area (Å²) in [5.41, 5.74) is 1.31. The first kappa shape index (κ1) is 13.8. The van der Waals surface area contributed by atoms with Gasteiger partial charge >= 0.3 is 0 Å². The molecule has 0 aliphatic carbocycles. The Labute approximate surface area is 124 Å². The van der Waals surface area contributed by atoms with Crippen molar-refractivity contribution in [3.05, 3.63) is 41.7 Å². The van der Waals surface area contributed by atoms with Crippen LogP contribution in [0.3, 0.4) is 0 Å². The first-order chi connectivity index (χ1) is 10.2. The van der Waals surface area contributed by atoms with Crippen molar-refractivity contribution < 1.29 is 4.39 Å². The number of aromatic nitrogens is 2. The minimum absolute atomic E-state index is 0.224. The molecule has 1 aromatic heterocycles. The number of aryl methyl sites for hydroxylation is 1. The first-order valence-electron chi connectivity index (χ1n) is 7.34. The molecule has 0 radical (unpaired) electrons. The molecule has 0 spiro atoms. The van der Waals surface area contributed by atoms with Gasteiger partial charge in [-0.25, -0.2) is 4.39 Å². The Morgan fingerprint density at radius 3 is 2.52 bits per heavy atom. The highest BCUT2D eigenvalue weighted by atomic mass is 19.1. The third-order valence-electron chi connectivity index (χ3n) is 3.77. The third-order valence-corrected chi connectivity index (χ3v) is 3.77. The molecular formula is C16H19FN4. The number of nitrogens with one attached hydrogen (secondary N) is 1. The summed E-state index contributed by atoms with van der Waals surface area (Å²) >= 11 is 0. The van der Waals surface area contributed by atoms with Gasteiger partial charge in [0.05, 0.1) is 0 Å². The van der Waals surface area contributed by atoms with Gasteiger partial charge in [0, 0.05) is 18.8 Å². The molecular weight excluding hydrogens is 267 g/mol. The highest BCUT2D eigenvalue weighted by molar-refractivity contribution is 5.57. The lowest BCUT2D eigenvalue weighted by Crippen LogP contribution is -2.30. The molecule has 0 unspecified atom stereocenters. The third kappa shape index (κ3) is 3.29. The largest absolute Gasteiger partial charge is 0.355 e. The van der Waals surface area contributed by atoms with Crippen molar-refractivity contribution in [3.8, 4) is 0 Å². The highest BCUT2D eigenvalue weighted by Gasteiger charge is 2.12. The zero-order valence-corrected chi connectivity index (χ0v) is 12.1. The molecule has 1 saturated heterocycles. The van der Waals surface area contributed by atoms with Crippen LogP contribution in [0.2, 0.25) is 0 Å². The van der Waals surface area contributed by atoms with Crippen molar-refractivity contribution in [3.63, 3.8) is 0 Å². The molecule has 5 heteroatoms. The van der Waals surface area contributed by atoms with Gasteiger partial charge in [-0.2, -0.15) is 0 Å². The van der Waals surface area contributed by atoms with E-state index in [9.17, 15) is 4.39 Å². The Balaban J connectivity index is 1.70. The maximum atomic E-state index is 13.5. The molecule has 0 bridgehead atoms. The van der Waals surface area contributed by atoms with E-state index >= 15 is 0 Å². The Hall–Kier alpha value is -2.17. The molecule has 1 fully saturated rings. The number of benzene rings is 1. The quantitative estimate of drug-likeness (QED) is 0.935. The van der Waals surface area contributed by atoms with E-state index in [1.54, 1.807) is 13.0 Å². The summed E-state index contributed by atoms with van der Waals surface area (Å²) in [6.45, 7) is 3.83. The van der Waals surface area contributed by atoms with Crippen molar-refractivity contribution in [2.75, 3.05) is 23.3 Å². The van der Waals surface area contributed by atoms with E-state index in [4.69, 9.17) is 0 Å². The Morgan fingerprint density at radius 1 is 1.05 bits per heavy atom. The van der Waals surface area contributed by atoms with Crippen LogP contribution in [0.5, 0.6) is 0 Å². The van der Waals surface area contributed by atoms with Gasteiger partial charge in [0.2, 0.25) is 0 Å². The van der Waals surface area contributed by atoms with Crippen LogP contribution in [0.15, 0.2) is 30.3 Å². The Kier molecular flexibility index (Phi) is 3.99. The van der Waals surface area contributed by atoms with Crippen LogP contribution < -0.4 is 10.2 Å². The van der Waals surface area contributed by atoms with Crippen LogP contribution in [0.1, 0.15) is 24.8 Å². The molecule has 0 saturated carbocycles.